The van der Waals surface area contributed by atoms with Gasteiger partial charge in [0.05, 0.1) is 30.9 Å². The molecule has 0 aromatic carbocycles. The van der Waals surface area contributed by atoms with Crippen LogP contribution in [-0.2, 0) is 6.61 Å². The fourth-order valence-electron chi connectivity index (χ4n) is 2.84. The molecule has 0 radical (unpaired) electrons. The lowest BCUT2D eigenvalue weighted by atomic mass is 10.1. The van der Waals surface area contributed by atoms with E-state index in [1.54, 1.807) is 19.5 Å². The van der Waals surface area contributed by atoms with E-state index in [0.29, 0.717) is 12.5 Å². The van der Waals surface area contributed by atoms with Gasteiger partial charge in [-0.25, -0.2) is 4.98 Å². The van der Waals surface area contributed by atoms with E-state index in [4.69, 9.17) is 9.47 Å². The number of aryl methyl sites for hydroxylation is 2. The minimum atomic E-state index is 0.252. The summed E-state index contributed by atoms with van der Waals surface area (Å²) in [7, 11) is 1.60. The molecule has 0 saturated heterocycles. The first-order chi connectivity index (χ1) is 12.5. The van der Waals surface area contributed by atoms with Crippen molar-refractivity contribution in [3.05, 3.63) is 53.5 Å². The van der Waals surface area contributed by atoms with Crippen LogP contribution in [0, 0.1) is 13.8 Å². The molecular formula is C20H24N4O2. The SMILES string of the molecule is COc1cc(C)c(OCc2cccnc2-c2c(C)cnn2C(C)C)cn1. The Morgan fingerprint density at radius 2 is 1.92 bits per heavy atom. The zero-order valence-corrected chi connectivity index (χ0v) is 15.9. The van der Waals surface area contributed by atoms with Crippen molar-refractivity contribution in [2.75, 3.05) is 7.11 Å². The molecule has 3 aromatic rings. The van der Waals surface area contributed by atoms with Crippen molar-refractivity contribution in [2.24, 2.45) is 0 Å². The Kier molecular flexibility index (Phi) is 5.21. The standard InChI is InChI=1S/C20H24N4O2/c1-13(2)24-20(15(4)10-23-24)19-16(7-6-8-21-19)12-26-17-11-22-18(25-5)9-14(17)3/h6-11,13H,12H2,1-5H3. The van der Waals surface area contributed by atoms with E-state index in [0.717, 1.165) is 33.8 Å². The topological polar surface area (TPSA) is 62.1 Å². The molecule has 3 aromatic heterocycles. The lowest BCUT2D eigenvalue weighted by molar-refractivity contribution is 0.301. The highest BCUT2D eigenvalue weighted by Gasteiger charge is 2.17. The minimum absolute atomic E-state index is 0.252. The molecule has 6 heteroatoms. The average Bonchev–Trinajstić information content (AvgIpc) is 3.02. The molecule has 0 N–H and O–H groups in total. The molecular weight excluding hydrogens is 328 g/mol. The Balaban J connectivity index is 1.90. The van der Waals surface area contributed by atoms with E-state index in [1.165, 1.54) is 0 Å². The van der Waals surface area contributed by atoms with Crippen molar-refractivity contribution >= 4 is 0 Å². The molecule has 3 rings (SSSR count). The molecule has 0 atom stereocenters. The maximum Gasteiger partial charge on any atom is 0.213 e. The van der Waals surface area contributed by atoms with Crippen molar-refractivity contribution < 1.29 is 9.47 Å². The molecule has 6 nitrogen and oxygen atoms in total. The van der Waals surface area contributed by atoms with Gasteiger partial charge in [-0.15, -0.1) is 0 Å². The number of ether oxygens (including phenoxy) is 2. The predicted octanol–water partition coefficient (Wildman–Crippen LogP) is 4.13. The highest BCUT2D eigenvalue weighted by Crippen LogP contribution is 2.28. The third-order valence-electron chi connectivity index (χ3n) is 4.21. The van der Waals surface area contributed by atoms with Gasteiger partial charge in [0.15, 0.2) is 0 Å². The average molecular weight is 352 g/mol. The van der Waals surface area contributed by atoms with Crippen LogP contribution in [0.3, 0.4) is 0 Å². The van der Waals surface area contributed by atoms with Gasteiger partial charge in [0, 0.05) is 23.9 Å². The van der Waals surface area contributed by atoms with Crippen LogP contribution >= 0.6 is 0 Å². The van der Waals surface area contributed by atoms with Crippen LogP contribution in [0.1, 0.15) is 36.6 Å². The molecule has 136 valence electrons. The van der Waals surface area contributed by atoms with Gasteiger partial charge in [-0.3, -0.25) is 9.67 Å². The van der Waals surface area contributed by atoms with Crippen molar-refractivity contribution in [3.63, 3.8) is 0 Å². The molecule has 0 spiro atoms. The van der Waals surface area contributed by atoms with E-state index in [-0.39, 0.29) is 6.04 Å². The molecule has 0 unspecified atom stereocenters. The van der Waals surface area contributed by atoms with Gasteiger partial charge in [0.1, 0.15) is 12.4 Å². The fourth-order valence-corrected chi connectivity index (χ4v) is 2.84. The number of nitrogens with zero attached hydrogens (tertiary/aromatic N) is 4. The molecule has 0 aliphatic carbocycles. The third-order valence-corrected chi connectivity index (χ3v) is 4.21. The molecule has 0 fully saturated rings. The maximum atomic E-state index is 6.01. The first kappa shape index (κ1) is 17.9. The Bertz CT molecular complexity index is 903. The highest BCUT2D eigenvalue weighted by molar-refractivity contribution is 5.62. The molecule has 0 amide bonds. The zero-order valence-electron chi connectivity index (χ0n) is 15.9. The normalized spacial score (nSPS) is 11.0. The van der Waals surface area contributed by atoms with Gasteiger partial charge in [-0.1, -0.05) is 6.07 Å². The summed E-state index contributed by atoms with van der Waals surface area (Å²) in [5, 5.41) is 4.50. The Hall–Kier alpha value is -2.89. The maximum absolute atomic E-state index is 6.01. The second-order valence-corrected chi connectivity index (χ2v) is 6.51. The van der Waals surface area contributed by atoms with Crippen LogP contribution in [0.2, 0.25) is 0 Å². The highest BCUT2D eigenvalue weighted by atomic mass is 16.5. The van der Waals surface area contributed by atoms with Crippen LogP contribution in [0.4, 0.5) is 0 Å². The largest absolute Gasteiger partial charge is 0.487 e. The van der Waals surface area contributed by atoms with E-state index >= 15 is 0 Å². The summed E-state index contributed by atoms with van der Waals surface area (Å²) in [6, 6.07) is 6.07. The first-order valence-electron chi connectivity index (χ1n) is 8.63. The second-order valence-electron chi connectivity index (χ2n) is 6.51. The smallest absolute Gasteiger partial charge is 0.213 e. The van der Waals surface area contributed by atoms with Gasteiger partial charge in [-0.2, -0.15) is 5.10 Å². The van der Waals surface area contributed by atoms with Crippen LogP contribution in [0.25, 0.3) is 11.4 Å². The molecule has 26 heavy (non-hydrogen) atoms. The number of hydrogen-bond acceptors (Lipinski definition) is 5. The lowest BCUT2D eigenvalue weighted by Crippen LogP contribution is -2.08. The van der Waals surface area contributed by atoms with Crippen molar-refractivity contribution in [1.29, 1.82) is 0 Å². The minimum Gasteiger partial charge on any atom is -0.487 e. The van der Waals surface area contributed by atoms with E-state index < -0.39 is 0 Å². The lowest BCUT2D eigenvalue weighted by Gasteiger charge is -2.15. The van der Waals surface area contributed by atoms with E-state index in [2.05, 4.69) is 35.8 Å². The summed E-state index contributed by atoms with van der Waals surface area (Å²) in [5.41, 5.74) is 5.01. The van der Waals surface area contributed by atoms with Crippen molar-refractivity contribution in [2.45, 2.75) is 40.3 Å². The molecule has 0 bridgehead atoms. The summed E-state index contributed by atoms with van der Waals surface area (Å²) >= 11 is 0. The van der Waals surface area contributed by atoms with Crippen LogP contribution in [-0.4, -0.2) is 26.9 Å². The molecule has 0 aliphatic rings. The van der Waals surface area contributed by atoms with E-state index in [1.807, 2.05) is 36.0 Å². The number of hydrogen-bond donors (Lipinski definition) is 0. The van der Waals surface area contributed by atoms with Gasteiger partial charge in [0.25, 0.3) is 0 Å². The van der Waals surface area contributed by atoms with Gasteiger partial charge >= 0.3 is 0 Å². The number of aromatic nitrogens is 4. The summed E-state index contributed by atoms with van der Waals surface area (Å²) in [5.74, 6) is 1.31. The Morgan fingerprint density at radius 3 is 2.62 bits per heavy atom. The van der Waals surface area contributed by atoms with E-state index in [9.17, 15) is 0 Å². The number of pyridine rings is 2. The van der Waals surface area contributed by atoms with Gasteiger partial charge in [-0.05, 0) is 44.9 Å². The Labute approximate surface area is 153 Å². The predicted molar refractivity (Wildman–Crippen MR) is 100 cm³/mol. The molecule has 3 heterocycles. The number of rotatable bonds is 6. The number of methoxy groups -OCH3 is 1. The monoisotopic (exact) mass is 352 g/mol. The summed E-state index contributed by atoms with van der Waals surface area (Å²) in [6.45, 7) is 8.66. The third kappa shape index (κ3) is 3.54. The van der Waals surface area contributed by atoms with Crippen LogP contribution in [0.15, 0.2) is 36.8 Å². The summed E-state index contributed by atoms with van der Waals surface area (Å²) in [4.78, 5) is 8.83. The van der Waals surface area contributed by atoms with Crippen LogP contribution < -0.4 is 9.47 Å². The van der Waals surface area contributed by atoms with Gasteiger partial charge in [0.2, 0.25) is 5.88 Å². The summed E-state index contributed by atoms with van der Waals surface area (Å²) < 4.78 is 13.2. The zero-order chi connectivity index (χ0) is 18.7. The van der Waals surface area contributed by atoms with Crippen molar-refractivity contribution in [1.82, 2.24) is 19.7 Å². The summed E-state index contributed by atoms with van der Waals surface area (Å²) in [6.07, 6.45) is 5.37. The molecule has 0 aliphatic heterocycles. The van der Waals surface area contributed by atoms with Crippen LogP contribution in [0.5, 0.6) is 11.6 Å². The molecule has 0 saturated carbocycles. The quantitative estimate of drug-likeness (QED) is 0.667. The second kappa shape index (κ2) is 7.56. The van der Waals surface area contributed by atoms with Crippen molar-refractivity contribution in [3.8, 4) is 23.0 Å². The fraction of sp³-hybridized carbons (Fsp3) is 0.350. The first-order valence-corrected chi connectivity index (χ1v) is 8.63. The Morgan fingerprint density at radius 1 is 1.12 bits per heavy atom. The van der Waals surface area contributed by atoms with Gasteiger partial charge < -0.3 is 9.47 Å².